The Labute approximate surface area is 93.5 Å². The third-order valence-corrected chi connectivity index (χ3v) is 2.85. The Balaban J connectivity index is 2.16. The molecular formula is C9H8F3NO4. The fourth-order valence-electron chi connectivity index (χ4n) is 2.05. The quantitative estimate of drug-likeness (QED) is 0.452. The number of amides is 1. The second kappa shape index (κ2) is 3.71. The van der Waals surface area contributed by atoms with E-state index in [1.807, 2.05) is 0 Å². The fraction of sp³-hybridized carbons (Fsp3) is 0.667. The summed E-state index contributed by atoms with van der Waals surface area (Å²) in [6.07, 6.45) is -4.84. The molecule has 2 bridgehead atoms. The molecule has 2 rings (SSSR count). The van der Waals surface area contributed by atoms with Crippen LogP contribution in [0.3, 0.4) is 0 Å². The molecule has 2 saturated heterocycles. The molecule has 5 nitrogen and oxygen atoms in total. The normalized spacial score (nSPS) is 29.0. The van der Waals surface area contributed by atoms with Gasteiger partial charge in [-0.15, -0.1) is 0 Å². The molecule has 0 aliphatic carbocycles. The Hall–Kier alpha value is -1.60. The summed E-state index contributed by atoms with van der Waals surface area (Å²) in [4.78, 5) is 33.8. The SMILES string of the molecule is O=C1OC(=O)C2CC1CN(C(=O)C(F)(F)F)C2. The zero-order valence-corrected chi connectivity index (χ0v) is 8.49. The highest BCUT2D eigenvalue weighted by Gasteiger charge is 2.49. The van der Waals surface area contributed by atoms with E-state index in [0.29, 0.717) is 4.90 Å². The first-order chi connectivity index (χ1) is 7.79. The van der Waals surface area contributed by atoms with Gasteiger partial charge < -0.3 is 9.64 Å². The molecule has 2 aliphatic heterocycles. The Morgan fingerprint density at radius 3 is 2.06 bits per heavy atom. The van der Waals surface area contributed by atoms with Gasteiger partial charge in [-0.1, -0.05) is 0 Å². The van der Waals surface area contributed by atoms with Crippen molar-refractivity contribution in [1.82, 2.24) is 4.90 Å². The standard InChI is InChI=1S/C9H8F3NO4/c10-9(11,12)8(16)13-2-4-1-5(3-13)7(15)17-6(4)14/h4-5H,1-3H2. The number of ether oxygens (including phenoxy) is 1. The Bertz CT molecular complexity index is 370. The third-order valence-electron chi connectivity index (χ3n) is 2.85. The van der Waals surface area contributed by atoms with Crippen molar-refractivity contribution in [3.8, 4) is 0 Å². The maximum absolute atomic E-state index is 12.2. The largest absolute Gasteiger partial charge is 0.471 e. The zero-order valence-electron chi connectivity index (χ0n) is 8.49. The molecule has 2 heterocycles. The number of fused-ring (bicyclic) bond motifs is 2. The van der Waals surface area contributed by atoms with E-state index in [9.17, 15) is 27.6 Å². The average molecular weight is 251 g/mol. The highest BCUT2D eigenvalue weighted by atomic mass is 19.4. The van der Waals surface area contributed by atoms with Crippen LogP contribution in [-0.4, -0.2) is 42.0 Å². The van der Waals surface area contributed by atoms with Crippen LogP contribution < -0.4 is 0 Å². The summed E-state index contributed by atoms with van der Waals surface area (Å²) in [5.74, 6) is -5.40. The summed E-state index contributed by atoms with van der Waals surface area (Å²) in [6.45, 7) is -0.693. The lowest BCUT2D eigenvalue weighted by Gasteiger charge is -2.38. The summed E-state index contributed by atoms with van der Waals surface area (Å²) in [5.41, 5.74) is 0. The molecule has 0 aromatic carbocycles. The average Bonchev–Trinajstić information content (AvgIpc) is 2.24. The number of cyclic esters (lactones) is 2. The van der Waals surface area contributed by atoms with Crippen LogP contribution in [0.2, 0.25) is 0 Å². The van der Waals surface area contributed by atoms with Crippen LogP contribution in [0.1, 0.15) is 6.42 Å². The van der Waals surface area contributed by atoms with Crippen molar-refractivity contribution in [2.75, 3.05) is 13.1 Å². The first-order valence-corrected chi connectivity index (χ1v) is 4.90. The number of alkyl halides is 3. The third kappa shape index (κ3) is 2.11. The van der Waals surface area contributed by atoms with E-state index < -0.39 is 35.9 Å². The number of hydrogen-bond donors (Lipinski definition) is 0. The number of hydrogen-bond acceptors (Lipinski definition) is 4. The Morgan fingerprint density at radius 1 is 1.18 bits per heavy atom. The molecule has 8 heteroatoms. The highest BCUT2D eigenvalue weighted by molar-refractivity contribution is 5.93. The molecule has 0 radical (unpaired) electrons. The fourth-order valence-corrected chi connectivity index (χ4v) is 2.05. The molecule has 0 aromatic heterocycles. The summed E-state index contributed by atoms with van der Waals surface area (Å²) in [5, 5.41) is 0. The predicted molar refractivity (Wildman–Crippen MR) is 45.3 cm³/mol. The van der Waals surface area contributed by atoms with Gasteiger partial charge in [0.1, 0.15) is 0 Å². The van der Waals surface area contributed by atoms with E-state index in [1.54, 1.807) is 0 Å². The molecule has 2 aliphatic rings. The summed E-state index contributed by atoms with van der Waals surface area (Å²) >= 11 is 0. The van der Waals surface area contributed by atoms with Crippen molar-refractivity contribution in [2.24, 2.45) is 11.8 Å². The maximum Gasteiger partial charge on any atom is 0.471 e. The molecule has 0 saturated carbocycles. The van der Waals surface area contributed by atoms with Gasteiger partial charge in [-0.3, -0.25) is 14.4 Å². The van der Waals surface area contributed by atoms with E-state index in [0.717, 1.165) is 0 Å². The lowest BCUT2D eigenvalue weighted by molar-refractivity contribution is -0.194. The van der Waals surface area contributed by atoms with Crippen LogP contribution in [0.5, 0.6) is 0 Å². The van der Waals surface area contributed by atoms with E-state index >= 15 is 0 Å². The van der Waals surface area contributed by atoms with Gasteiger partial charge in [0.15, 0.2) is 0 Å². The number of nitrogens with zero attached hydrogens (tertiary/aromatic N) is 1. The lowest BCUT2D eigenvalue weighted by Crippen LogP contribution is -2.55. The first kappa shape index (κ1) is 11.9. The van der Waals surface area contributed by atoms with Gasteiger partial charge in [0, 0.05) is 13.1 Å². The van der Waals surface area contributed by atoms with E-state index in [4.69, 9.17) is 0 Å². The van der Waals surface area contributed by atoms with Crippen molar-refractivity contribution in [3.05, 3.63) is 0 Å². The van der Waals surface area contributed by atoms with Crippen molar-refractivity contribution in [1.29, 1.82) is 0 Å². The molecule has 0 N–H and O–H groups in total. The van der Waals surface area contributed by atoms with Crippen molar-refractivity contribution < 1.29 is 32.3 Å². The van der Waals surface area contributed by atoms with Gasteiger partial charge in [-0.05, 0) is 6.42 Å². The van der Waals surface area contributed by atoms with Crippen molar-refractivity contribution in [3.63, 3.8) is 0 Å². The molecule has 17 heavy (non-hydrogen) atoms. The maximum atomic E-state index is 12.2. The molecule has 2 atom stereocenters. The molecular weight excluding hydrogens is 243 g/mol. The number of carbonyl (C=O) groups is 3. The predicted octanol–water partition coefficient (Wildman–Crippen LogP) is 0.0968. The van der Waals surface area contributed by atoms with Gasteiger partial charge in [0.05, 0.1) is 11.8 Å². The lowest BCUT2D eigenvalue weighted by atomic mass is 9.87. The summed E-state index contributed by atoms with van der Waals surface area (Å²) < 4.78 is 41.0. The second-order valence-corrected chi connectivity index (χ2v) is 4.08. The van der Waals surface area contributed by atoms with E-state index in [1.165, 1.54) is 0 Å². The van der Waals surface area contributed by atoms with Gasteiger partial charge >= 0.3 is 24.0 Å². The first-order valence-electron chi connectivity index (χ1n) is 4.90. The minimum atomic E-state index is -4.99. The van der Waals surface area contributed by atoms with E-state index in [-0.39, 0.29) is 19.5 Å². The number of likely N-dealkylation sites (tertiary alicyclic amines) is 1. The molecule has 2 fully saturated rings. The minimum Gasteiger partial charge on any atom is -0.393 e. The molecule has 0 spiro atoms. The van der Waals surface area contributed by atoms with Gasteiger partial charge in [0.2, 0.25) is 0 Å². The summed E-state index contributed by atoms with van der Waals surface area (Å²) in [7, 11) is 0. The van der Waals surface area contributed by atoms with Crippen LogP contribution in [-0.2, 0) is 19.1 Å². The molecule has 1 amide bonds. The number of esters is 2. The number of rotatable bonds is 0. The Kier molecular flexibility index (Phi) is 2.59. The van der Waals surface area contributed by atoms with Crippen molar-refractivity contribution >= 4 is 17.8 Å². The Morgan fingerprint density at radius 2 is 1.65 bits per heavy atom. The van der Waals surface area contributed by atoms with Crippen LogP contribution in [0.25, 0.3) is 0 Å². The van der Waals surface area contributed by atoms with Gasteiger partial charge in [-0.2, -0.15) is 13.2 Å². The number of carbonyl (C=O) groups excluding carboxylic acids is 3. The van der Waals surface area contributed by atoms with Crippen LogP contribution in [0.4, 0.5) is 13.2 Å². The van der Waals surface area contributed by atoms with Gasteiger partial charge in [-0.25, -0.2) is 0 Å². The molecule has 94 valence electrons. The number of halogens is 3. The van der Waals surface area contributed by atoms with E-state index in [2.05, 4.69) is 4.74 Å². The van der Waals surface area contributed by atoms with Crippen molar-refractivity contribution in [2.45, 2.75) is 12.6 Å². The summed E-state index contributed by atoms with van der Waals surface area (Å²) in [6, 6.07) is 0. The topological polar surface area (TPSA) is 63.7 Å². The van der Waals surface area contributed by atoms with Gasteiger partial charge in [0.25, 0.3) is 0 Å². The minimum absolute atomic E-state index is 0.152. The monoisotopic (exact) mass is 251 g/mol. The number of piperidine rings is 1. The highest BCUT2D eigenvalue weighted by Crippen LogP contribution is 2.31. The molecule has 2 unspecified atom stereocenters. The van der Waals surface area contributed by atoms with Crippen LogP contribution in [0.15, 0.2) is 0 Å². The second-order valence-electron chi connectivity index (χ2n) is 4.08. The van der Waals surface area contributed by atoms with Crippen LogP contribution >= 0.6 is 0 Å². The molecule has 0 aromatic rings. The smallest absolute Gasteiger partial charge is 0.393 e. The van der Waals surface area contributed by atoms with Crippen LogP contribution in [0, 0.1) is 11.8 Å². The zero-order chi connectivity index (χ0) is 12.8.